The van der Waals surface area contributed by atoms with Crippen LogP contribution < -0.4 is 5.73 Å². The molecule has 1 aromatic heterocycles. The predicted molar refractivity (Wildman–Crippen MR) is 84.1 cm³/mol. The molecule has 2 fully saturated rings. The van der Waals surface area contributed by atoms with Crippen molar-refractivity contribution in [3.05, 3.63) is 11.7 Å². The fraction of sp³-hybridized carbons (Fsp3) is 0.833. The van der Waals surface area contributed by atoms with Crippen LogP contribution in [0.4, 0.5) is 0 Å². The summed E-state index contributed by atoms with van der Waals surface area (Å²) in [6, 6.07) is 0.161. The van der Waals surface area contributed by atoms with Crippen LogP contribution >= 0.6 is 35.3 Å². The Labute approximate surface area is 126 Å². The van der Waals surface area contributed by atoms with E-state index in [9.17, 15) is 0 Å². The molecule has 2 aliphatic rings. The van der Waals surface area contributed by atoms with E-state index in [1.54, 1.807) is 0 Å². The maximum absolute atomic E-state index is 6.09. The van der Waals surface area contributed by atoms with Crippen molar-refractivity contribution in [2.75, 3.05) is 23.0 Å². The summed E-state index contributed by atoms with van der Waals surface area (Å²) in [6.07, 6.45) is 1.16. The summed E-state index contributed by atoms with van der Waals surface area (Å²) in [7, 11) is 0. The normalized spacial score (nSPS) is 35.7. The molecule has 19 heavy (non-hydrogen) atoms. The van der Waals surface area contributed by atoms with E-state index in [-0.39, 0.29) is 12.0 Å². The van der Waals surface area contributed by atoms with E-state index in [2.05, 4.69) is 17.1 Å². The summed E-state index contributed by atoms with van der Waals surface area (Å²) in [6.45, 7) is 2.24. The van der Waals surface area contributed by atoms with Gasteiger partial charge in [0.25, 0.3) is 0 Å². The van der Waals surface area contributed by atoms with Crippen molar-refractivity contribution in [2.24, 2.45) is 5.73 Å². The summed E-state index contributed by atoms with van der Waals surface area (Å²) in [5.41, 5.74) is 6.09. The summed E-state index contributed by atoms with van der Waals surface area (Å²) in [5, 5.41) is 5.22. The van der Waals surface area contributed by atoms with Gasteiger partial charge in [0, 0.05) is 34.3 Å². The first-order valence-corrected chi connectivity index (χ1v) is 9.95. The Morgan fingerprint density at radius 2 is 2.16 bits per heavy atom. The Kier molecular flexibility index (Phi) is 4.66. The molecule has 0 aromatic carbocycles. The zero-order valence-corrected chi connectivity index (χ0v) is 13.4. The topological polar surface area (TPSA) is 64.9 Å². The molecule has 3 rings (SSSR count). The van der Waals surface area contributed by atoms with Gasteiger partial charge >= 0.3 is 0 Å². The van der Waals surface area contributed by atoms with E-state index < -0.39 is 0 Å². The molecule has 2 aliphatic heterocycles. The minimum absolute atomic E-state index is 0.161. The van der Waals surface area contributed by atoms with Gasteiger partial charge in [-0.25, -0.2) is 0 Å². The number of aromatic nitrogens is 2. The molecule has 0 saturated carbocycles. The highest BCUT2D eigenvalue weighted by Crippen LogP contribution is 2.43. The van der Waals surface area contributed by atoms with E-state index in [0.717, 1.165) is 29.6 Å². The van der Waals surface area contributed by atoms with Gasteiger partial charge in [-0.05, 0) is 6.42 Å². The molecule has 0 spiro atoms. The van der Waals surface area contributed by atoms with Crippen molar-refractivity contribution in [1.29, 1.82) is 0 Å². The minimum atomic E-state index is 0.161. The first-order chi connectivity index (χ1) is 9.29. The molecule has 4 unspecified atom stereocenters. The van der Waals surface area contributed by atoms with Crippen LogP contribution in [0, 0.1) is 0 Å². The summed E-state index contributed by atoms with van der Waals surface area (Å²) < 4.78 is 5.49. The molecule has 0 radical (unpaired) electrons. The second-order valence-corrected chi connectivity index (χ2v) is 8.58. The third-order valence-corrected chi connectivity index (χ3v) is 8.06. The number of nitrogens with zero attached hydrogens (tertiary/aromatic N) is 2. The van der Waals surface area contributed by atoms with Crippen molar-refractivity contribution in [1.82, 2.24) is 10.1 Å². The van der Waals surface area contributed by atoms with Crippen molar-refractivity contribution in [2.45, 2.75) is 35.8 Å². The molecule has 4 nitrogen and oxygen atoms in total. The number of thioether (sulfide) groups is 3. The van der Waals surface area contributed by atoms with Gasteiger partial charge in [-0.3, -0.25) is 0 Å². The summed E-state index contributed by atoms with van der Waals surface area (Å²) in [5.74, 6) is 6.28. The standard InChI is InChI=1S/C12H19N3OS3/c1-2-9-10(19-4-3-18-9)11-14-12(16-15-11)7-5-17-6-8(7)13/h7-10H,2-6,13H2,1H3. The van der Waals surface area contributed by atoms with E-state index in [1.807, 2.05) is 35.3 Å². The Morgan fingerprint density at radius 1 is 1.32 bits per heavy atom. The van der Waals surface area contributed by atoms with Crippen LogP contribution in [-0.2, 0) is 0 Å². The Morgan fingerprint density at radius 3 is 2.89 bits per heavy atom. The first-order valence-electron chi connectivity index (χ1n) is 6.69. The molecule has 0 bridgehead atoms. The van der Waals surface area contributed by atoms with Gasteiger partial charge < -0.3 is 10.3 Å². The summed E-state index contributed by atoms with van der Waals surface area (Å²) >= 11 is 5.87. The van der Waals surface area contributed by atoms with E-state index in [0.29, 0.717) is 10.5 Å². The molecule has 2 saturated heterocycles. The Hall–Kier alpha value is 0.150. The predicted octanol–water partition coefficient (Wildman–Crippen LogP) is 2.53. The molecular weight excluding hydrogens is 298 g/mol. The molecule has 106 valence electrons. The minimum Gasteiger partial charge on any atom is -0.339 e. The molecule has 0 aliphatic carbocycles. The highest BCUT2D eigenvalue weighted by Gasteiger charge is 2.34. The van der Waals surface area contributed by atoms with Crippen LogP contribution in [0.1, 0.15) is 36.2 Å². The lowest BCUT2D eigenvalue weighted by Gasteiger charge is -2.27. The third-order valence-electron chi connectivity index (χ3n) is 3.61. The van der Waals surface area contributed by atoms with Gasteiger partial charge in [-0.1, -0.05) is 12.1 Å². The molecule has 0 amide bonds. The first kappa shape index (κ1) is 14.1. The zero-order chi connectivity index (χ0) is 13.2. The SMILES string of the molecule is CCC1SCCSC1c1noc(C2CSCC2N)n1. The molecule has 4 atom stereocenters. The monoisotopic (exact) mass is 317 g/mol. The quantitative estimate of drug-likeness (QED) is 0.919. The van der Waals surface area contributed by atoms with Crippen LogP contribution in [-0.4, -0.2) is 44.4 Å². The van der Waals surface area contributed by atoms with Crippen LogP contribution in [0.5, 0.6) is 0 Å². The number of nitrogens with two attached hydrogens (primary N) is 1. The lowest BCUT2D eigenvalue weighted by Crippen LogP contribution is -2.27. The Balaban J connectivity index is 1.76. The molecular formula is C12H19N3OS3. The van der Waals surface area contributed by atoms with Crippen molar-refractivity contribution < 1.29 is 4.52 Å². The maximum Gasteiger partial charge on any atom is 0.232 e. The third kappa shape index (κ3) is 2.94. The lowest BCUT2D eigenvalue weighted by molar-refractivity contribution is 0.348. The van der Waals surface area contributed by atoms with Gasteiger partial charge in [0.15, 0.2) is 5.82 Å². The summed E-state index contributed by atoms with van der Waals surface area (Å²) in [4.78, 5) is 4.66. The van der Waals surface area contributed by atoms with Crippen LogP contribution in [0.3, 0.4) is 0 Å². The molecule has 1 aromatic rings. The highest BCUT2D eigenvalue weighted by atomic mass is 32.2. The smallest absolute Gasteiger partial charge is 0.232 e. The van der Waals surface area contributed by atoms with Gasteiger partial charge in [-0.2, -0.15) is 28.5 Å². The fourth-order valence-corrected chi connectivity index (χ4v) is 6.75. The second kappa shape index (κ2) is 6.28. The molecule has 3 heterocycles. The maximum atomic E-state index is 6.09. The fourth-order valence-electron chi connectivity index (χ4n) is 2.48. The molecule has 2 N–H and O–H groups in total. The van der Waals surface area contributed by atoms with Crippen molar-refractivity contribution >= 4 is 35.3 Å². The van der Waals surface area contributed by atoms with Gasteiger partial charge in [-0.15, -0.1) is 11.8 Å². The number of hydrogen-bond acceptors (Lipinski definition) is 7. The average molecular weight is 318 g/mol. The van der Waals surface area contributed by atoms with E-state index >= 15 is 0 Å². The zero-order valence-electron chi connectivity index (χ0n) is 10.9. The van der Waals surface area contributed by atoms with E-state index in [4.69, 9.17) is 10.3 Å². The van der Waals surface area contributed by atoms with Crippen molar-refractivity contribution in [3.63, 3.8) is 0 Å². The Bertz CT molecular complexity index is 428. The van der Waals surface area contributed by atoms with Gasteiger partial charge in [0.2, 0.25) is 5.89 Å². The van der Waals surface area contributed by atoms with Crippen molar-refractivity contribution in [3.8, 4) is 0 Å². The van der Waals surface area contributed by atoms with Crippen LogP contribution in [0.2, 0.25) is 0 Å². The van der Waals surface area contributed by atoms with Gasteiger partial charge in [0.1, 0.15) is 0 Å². The second-order valence-electron chi connectivity index (χ2n) is 4.91. The number of rotatable bonds is 3. The van der Waals surface area contributed by atoms with Crippen LogP contribution in [0.25, 0.3) is 0 Å². The lowest BCUT2D eigenvalue weighted by atomic mass is 10.1. The van der Waals surface area contributed by atoms with Crippen LogP contribution in [0.15, 0.2) is 4.52 Å². The molecule has 7 heteroatoms. The number of hydrogen-bond donors (Lipinski definition) is 1. The van der Waals surface area contributed by atoms with E-state index in [1.165, 1.54) is 11.5 Å². The van der Waals surface area contributed by atoms with Gasteiger partial charge in [0.05, 0.1) is 11.2 Å². The average Bonchev–Trinajstić information content (AvgIpc) is 3.07. The highest BCUT2D eigenvalue weighted by molar-refractivity contribution is 8.06. The largest absolute Gasteiger partial charge is 0.339 e.